The number of hydrazine groups is 1. The van der Waals surface area contributed by atoms with Gasteiger partial charge in [-0.1, -0.05) is 58.9 Å². The largest absolute Gasteiger partial charge is 0.484 e. The molecule has 3 aromatic rings. The Morgan fingerprint density at radius 2 is 1.31 bits per heavy atom. The summed E-state index contributed by atoms with van der Waals surface area (Å²) in [7, 11) is 0. The summed E-state index contributed by atoms with van der Waals surface area (Å²) < 4.78 is 5.45. The van der Waals surface area contributed by atoms with E-state index in [0.29, 0.717) is 28.5 Å². The summed E-state index contributed by atoms with van der Waals surface area (Å²) in [6, 6.07) is 21.4. The maximum Gasteiger partial charge on any atom is 0.276 e. The van der Waals surface area contributed by atoms with E-state index >= 15 is 0 Å². The van der Waals surface area contributed by atoms with Gasteiger partial charge in [0.2, 0.25) is 0 Å². The first-order chi connectivity index (χ1) is 17.0. The van der Waals surface area contributed by atoms with E-state index in [4.69, 9.17) is 4.74 Å². The highest BCUT2D eigenvalue weighted by molar-refractivity contribution is 6.04. The van der Waals surface area contributed by atoms with Crippen LogP contribution in [0.15, 0.2) is 72.8 Å². The fourth-order valence-corrected chi connectivity index (χ4v) is 3.36. The van der Waals surface area contributed by atoms with E-state index in [0.717, 1.165) is 5.56 Å². The van der Waals surface area contributed by atoms with Crippen LogP contribution in [-0.4, -0.2) is 24.3 Å². The Kier molecular flexibility index (Phi) is 8.48. The minimum absolute atomic E-state index is 0.0114. The van der Waals surface area contributed by atoms with E-state index in [1.165, 1.54) is 5.56 Å². The number of rotatable bonds is 7. The molecule has 0 aliphatic rings. The van der Waals surface area contributed by atoms with Crippen molar-refractivity contribution in [2.75, 3.05) is 11.9 Å². The molecule has 0 unspecified atom stereocenters. The highest BCUT2D eigenvalue weighted by Crippen LogP contribution is 2.22. The van der Waals surface area contributed by atoms with Gasteiger partial charge in [-0.3, -0.25) is 25.2 Å². The highest BCUT2D eigenvalue weighted by Gasteiger charge is 2.15. The zero-order chi connectivity index (χ0) is 26.3. The van der Waals surface area contributed by atoms with Crippen LogP contribution in [0.1, 0.15) is 72.4 Å². The summed E-state index contributed by atoms with van der Waals surface area (Å²) in [5.41, 5.74) is 8.45. The van der Waals surface area contributed by atoms with Crippen LogP contribution in [0.25, 0.3) is 0 Å². The molecule has 3 N–H and O–H groups in total. The number of carbonyl (C=O) groups excluding carboxylic acids is 3. The second kappa shape index (κ2) is 11.5. The lowest BCUT2D eigenvalue weighted by atomic mass is 9.87. The van der Waals surface area contributed by atoms with Crippen molar-refractivity contribution in [1.82, 2.24) is 10.9 Å². The van der Waals surface area contributed by atoms with Crippen molar-refractivity contribution in [2.45, 2.75) is 46.0 Å². The predicted octanol–water partition coefficient (Wildman–Crippen LogP) is 5.20. The Bertz CT molecular complexity index is 1190. The molecule has 7 heteroatoms. The topological polar surface area (TPSA) is 96.5 Å². The van der Waals surface area contributed by atoms with Crippen LogP contribution in [0, 0.1) is 0 Å². The van der Waals surface area contributed by atoms with E-state index < -0.39 is 11.8 Å². The quantitative estimate of drug-likeness (QED) is 0.399. The molecule has 0 heterocycles. The molecule has 7 nitrogen and oxygen atoms in total. The number of anilines is 1. The molecule has 0 aliphatic carbocycles. The van der Waals surface area contributed by atoms with Crippen molar-refractivity contribution in [3.63, 3.8) is 0 Å². The summed E-state index contributed by atoms with van der Waals surface area (Å²) in [5, 5.41) is 2.82. The molecular formula is C29H33N3O4. The maximum atomic E-state index is 12.5. The third-order valence-corrected chi connectivity index (χ3v) is 5.65. The molecule has 0 aromatic heterocycles. The van der Waals surface area contributed by atoms with Crippen LogP contribution in [0.5, 0.6) is 5.75 Å². The second-order valence-corrected chi connectivity index (χ2v) is 9.87. The molecule has 0 radical (unpaired) electrons. The van der Waals surface area contributed by atoms with Crippen LogP contribution in [0.3, 0.4) is 0 Å². The number of hydrogen-bond donors (Lipinski definition) is 3. The Morgan fingerprint density at radius 1 is 0.750 bits per heavy atom. The van der Waals surface area contributed by atoms with Crippen LogP contribution in [0.4, 0.5) is 5.69 Å². The number of benzene rings is 3. The average Bonchev–Trinajstić information content (AvgIpc) is 2.86. The molecule has 0 aliphatic heterocycles. The van der Waals surface area contributed by atoms with Crippen molar-refractivity contribution >= 4 is 23.4 Å². The van der Waals surface area contributed by atoms with Gasteiger partial charge in [0, 0.05) is 16.8 Å². The molecule has 0 fully saturated rings. The zero-order valence-electron chi connectivity index (χ0n) is 21.3. The summed E-state index contributed by atoms with van der Waals surface area (Å²) in [4.78, 5) is 36.9. The average molecular weight is 488 g/mol. The lowest BCUT2D eigenvalue weighted by Crippen LogP contribution is -2.43. The molecular weight excluding hydrogens is 454 g/mol. The summed E-state index contributed by atoms with van der Waals surface area (Å²) in [6.45, 7) is 10.3. The standard InChI is InChI=1S/C29H33N3O4/c1-19(2)20-10-16-25(17-11-20)36-18-26(33)31-32-28(35)22-8-14-24(15-9-22)30-27(34)21-6-12-23(13-7-21)29(3,4)5/h6-17,19H,18H2,1-5H3,(H,30,34)(H,31,33)(H,32,35). The van der Waals surface area contributed by atoms with Crippen molar-refractivity contribution in [2.24, 2.45) is 0 Å². The van der Waals surface area contributed by atoms with Gasteiger partial charge in [0.15, 0.2) is 6.61 Å². The first-order valence-corrected chi connectivity index (χ1v) is 11.9. The summed E-state index contributed by atoms with van der Waals surface area (Å²) >= 11 is 0. The number of amides is 3. The van der Waals surface area contributed by atoms with Gasteiger partial charge in [-0.05, 0) is 71.0 Å². The van der Waals surface area contributed by atoms with E-state index in [-0.39, 0.29) is 17.9 Å². The fraction of sp³-hybridized carbons (Fsp3) is 0.276. The first kappa shape index (κ1) is 26.5. The molecule has 0 saturated carbocycles. The van der Waals surface area contributed by atoms with Gasteiger partial charge < -0.3 is 10.1 Å². The van der Waals surface area contributed by atoms with E-state index in [2.05, 4.69) is 50.8 Å². The van der Waals surface area contributed by atoms with Gasteiger partial charge in [-0.15, -0.1) is 0 Å². The fourth-order valence-electron chi connectivity index (χ4n) is 3.36. The van der Waals surface area contributed by atoms with Gasteiger partial charge in [0.05, 0.1) is 0 Å². The van der Waals surface area contributed by atoms with Gasteiger partial charge >= 0.3 is 0 Å². The summed E-state index contributed by atoms with van der Waals surface area (Å²) in [6.07, 6.45) is 0. The minimum Gasteiger partial charge on any atom is -0.484 e. The predicted molar refractivity (Wildman–Crippen MR) is 141 cm³/mol. The highest BCUT2D eigenvalue weighted by atomic mass is 16.5. The molecule has 188 valence electrons. The van der Waals surface area contributed by atoms with Crippen LogP contribution < -0.4 is 20.9 Å². The van der Waals surface area contributed by atoms with Gasteiger partial charge in [0.1, 0.15) is 5.75 Å². The Labute approximate surface area is 212 Å². The van der Waals surface area contributed by atoms with E-state index in [1.54, 1.807) is 36.4 Å². The van der Waals surface area contributed by atoms with Crippen molar-refractivity contribution < 1.29 is 19.1 Å². The van der Waals surface area contributed by atoms with Crippen molar-refractivity contribution in [3.05, 3.63) is 95.1 Å². The molecule has 0 spiro atoms. The van der Waals surface area contributed by atoms with Gasteiger partial charge in [-0.2, -0.15) is 0 Å². The third kappa shape index (κ3) is 7.43. The second-order valence-electron chi connectivity index (χ2n) is 9.87. The lowest BCUT2D eigenvalue weighted by molar-refractivity contribution is -0.123. The maximum absolute atomic E-state index is 12.5. The van der Waals surface area contributed by atoms with Crippen molar-refractivity contribution in [3.8, 4) is 5.75 Å². The Hall–Kier alpha value is -4.13. The van der Waals surface area contributed by atoms with Crippen LogP contribution in [0.2, 0.25) is 0 Å². The number of hydrogen-bond acceptors (Lipinski definition) is 4. The molecule has 0 saturated heterocycles. The first-order valence-electron chi connectivity index (χ1n) is 11.9. The van der Waals surface area contributed by atoms with Crippen LogP contribution in [-0.2, 0) is 10.2 Å². The Balaban J connectivity index is 1.46. The number of nitrogens with one attached hydrogen (secondary N) is 3. The number of ether oxygens (including phenoxy) is 1. The molecule has 0 bridgehead atoms. The van der Waals surface area contributed by atoms with Gasteiger partial charge in [-0.25, -0.2) is 0 Å². The van der Waals surface area contributed by atoms with Crippen molar-refractivity contribution in [1.29, 1.82) is 0 Å². The molecule has 0 atom stereocenters. The number of carbonyl (C=O) groups is 3. The molecule has 36 heavy (non-hydrogen) atoms. The third-order valence-electron chi connectivity index (χ3n) is 5.65. The Morgan fingerprint density at radius 3 is 1.86 bits per heavy atom. The van der Waals surface area contributed by atoms with Crippen LogP contribution >= 0.6 is 0 Å². The molecule has 3 amide bonds. The minimum atomic E-state index is -0.488. The van der Waals surface area contributed by atoms with E-state index in [1.807, 2.05) is 36.4 Å². The SMILES string of the molecule is CC(C)c1ccc(OCC(=O)NNC(=O)c2ccc(NC(=O)c3ccc(C(C)(C)C)cc3)cc2)cc1. The normalized spacial score (nSPS) is 11.1. The summed E-state index contributed by atoms with van der Waals surface area (Å²) in [5.74, 6) is -0.228. The zero-order valence-corrected chi connectivity index (χ0v) is 21.3. The lowest BCUT2D eigenvalue weighted by Gasteiger charge is -2.19. The van der Waals surface area contributed by atoms with E-state index in [9.17, 15) is 14.4 Å². The monoisotopic (exact) mass is 487 g/mol. The van der Waals surface area contributed by atoms with Gasteiger partial charge in [0.25, 0.3) is 17.7 Å². The molecule has 3 rings (SSSR count). The molecule has 3 aromatic carbocycles. The smallest absolute Gasteiger partial charge is 0.276 e.